The minimum Gasteiger partial charge on any atom is -0.382 e. The summed E-state index contributed by atoms with van der Waals surface area (Å²) in [5.74, 6) is -0.143. The number of thiocarbonyl (C=S) groups is 1. The molecule has 1 rings (SSSR count). The third-order valence-corrected chi connectivity index (χ3v) is 9.55. The molecule has 238 valence electrons. The first-order valence-corrected chi connectivity index (χ1v) is 19.0. The van der Waals surface area contributed by atoms with E-state index in [1.165, 1.54) is 90.6 Å². The summed E-state index contributed by atoms with van der Waals surface area (Å²) < 4.78 is 21.7. The molecule has 1 fully saturated rings. The fraction of sp³-hybridized carbons (Fsp3) is 0.900. The van der Waals surface area contributed by atoms with Crippen LogP contribution in [0.4, 0.5) is 0 Å². The Balaban J connectivity index is 2.02. The Labute approximate surface area is 263 Å². The quantitative estimate of drug-likeness (QED) is 0.0305. The Bertz CT molecular complexity index is 737. The number of hydrogen-bond donors (Lipinski definition) is 3. The smallest absolute Gasteiger partial charge is 0.324 e. The van der Waals surface area contributed by atoms with Crippen molar-refractivity contribution in [2.75, 3.05) is 33.9 Å². The van der Waals surface area contributed by atoms with E-state index in [1.807, 2.05) is 0 Å². The highest BCUT2D eigenvalue weighted by Gasteiger charge is 2.44. The van der Waals surface area contributed by atoms with Gasteiger partial charge in [0.1, 0.15) is 20.1 Å². The second-order valence-corrected chi connectivity index (χ2v) is 14.4. The highest BCUT2D eigenvalue weighted by Crippen LogP contribution is 2.48. The molecule has 0 aromatic rings. The Morgan fingerprint density at radius 1 is 0.878 bits per heavy atom. The highest BCUT2D eigenvalue weighted by atomic mass is 32.5. The van der Waals surface area contributed by atoms with Gasteiger partial charge in [-0.2, -0.15) is 0 Å². The summed E-state index contributed by atoms with van der Waals surface area (Å²) >= 11 is 10.5. The summed E-state index contributed by atoms with van der Waals surface area (Å²) in [6.45, 7) is 1.06. The first-order valence-electron chi connectivity index (χ1n) is 16.0. The summed E-state index contributed by atoms with van der Waals surface area (Å²) in [6, 6.07) is -0.519. The molecule has 5 atom stereocenters. The Kier molecular flexibility index (Phi) is 24.0. The molecule has 0 amide bonds. The van der Waals surface area contributed by atoms with E-state index in [0.29, 0.717) is 13.0 Å². The average Bonchev–Trinajstić information content (AvgIpc) is 3.23. The van der Waals surface area contributed by atoms with Gasteiger partial charge in [0.05, 0.1) is 6.61 Å². The van der Waals surface area contributed by atoms with Crippen molar-refractivity contribution in [1.82, 2.24) is 10.6 Å². The van der Waals surface area contributed by atoms with Gasteiger partial charge in [-0.1, -0.05) is 96.1 Å². The topological polar surface area (TPSA) is 81.2 Å². The zero-order chi connectivity index (χ0) is 30.2. The molecule has 1 aliphatic rings. The van der Waals surface area contributed by atoms with Crippen LogP contribution < -0.4 is 10.6 Å². The van der Waals surface area contributed by atoms with Crippen molar-refractivity contribution >= 4 is 43.7 Å². The van der Waals surface area contributed by atoms with Crippen molar-refractivity contribution in [1.29, 1.82) is 0 Å². The van der Waals surface area contributed by atoms with Gasteiger partial charge >= 0.3 is 6.72 Å². The lowest BCUT2D eigenvalue weighted by atomic mass is 9.82. The number of unbranched alkanes of at least 4 members (excludes halogenated alkanes) is 14. The minimum absolute atomic E-state index is 0.143. The third-order valence-electron chi connectivity index (χ3n) is 7.58. The molecular weight excluding hydrogens is 574 g/mol. The minimum atomic E-state index is -3.34. The summed E-state index contributed by atoms with van der Waals surface area (Å²) in [6.07, 6.45) is 24.9. The number of methoxy groups -OCH3 is 1. The molecule has 0 aliphatic carbocycles. The van der Waals surface area contributed by atoms with E-state index in [0.717, 1.165) is 37.5 Å². The van der Waals surface area contributed by atoms with E-state index in [9.17, 15) is 4.89 Å². The number of hydrogen-bond acceptors (Lipinski definition) is 6. The van der Waals surface area contributed by atoms with E-state index in [-0.39, 0.29) is 5.92 Å². The number of allylic oxidation sites excluding steroid dienone is 2. The standard InChI is InChI=1S/C30H58BN2O5PS2/c1-4-5-6-7-8-9-10-11-12-13-14-17-20-23-32-30(40)33-24-21-18-15-16-19-22-26-28(38-39(34,41)36-3)27(25-35-2)37-29(26)31/h16,19,26-29H,4-15,17-18,20-25H2,1-3H3,(H,34,41)(H2,32,33,40)/b19-16+/t26-,27+,28?,29+,39?/m0/s1. The molecule has 3 N–H and O–H groups in total. The van der Waals surface area contributed by atoms with Crippen LogP contribution in [0, 0.1) is 5.92 Å². The van der Waals surface area contributed by atoms with E-state index in [4.69, 9.17) is 50.4 Å². The van der Waals surface area contributed by atoms with Gasteiger partial charge in [0, 0.05) is 39.2 Å². The summed E-state index contributed by atoms with van der Waals surface area (Å²) in [4.78, 5) is 10.2. The van der Waals surface area contributed by atoms with Crippen molar-refractivity contribution in [3.8, 4) is 0 Å². The lowest BCUT2D eigenvalue weighted by Gasteiger charge is -2.26. The summed E-state index contributed by atoms with van der Waals surface area (Å²) in [5.41, 5.74) is 0. The molecule has 41 heavy (non-hydrogen) atoms. The second-order valence-electron chi connectivity index (χ2n) is 11.1. The average molecular weight is 633 g/mol. The molecule has 7 nitrogen and oxygen atoms in total. The zero-order valence-electron chi connectivity index (χ0n) is 26.0. The molecule has 11 heteroatoms. The Morgan fingerprint density at radius 2 is 1.41 bits per heavy atom. The molecule has 0 saturated carbocycles. The van der Waals surface area contributed by atoms with Crippen molar-refractivity contribution < 1.29 is 23.4 Å². The molecule has 0 spiro atoms. The molecule has 2 radical (unpaired) electrons. The van der Waals surface area contributed by atoms with Gasteiger partial charge in [-0.05, 0) is 56.1 Å². The fourth-order valence-electron chi connectivity index (χ4n) is 5.12. The maximum atomic E-state index is 10.2. The van der Waals surface area contributed by atoms with Crippen LogP contribution in [-0.4, -0.2) is 70.0 Å². The van der Waals surface area contributed by atoms with Crippen LogP contribution in [-0.2, 0) is 30.3 Å². The fourth-order valence-corrected chi connectivity index (χ4v) is 6.31. The van der Waals surface area contributed by atoms with Crippen LogP contribution >= 0.6 is 18.9 Å². The first-order chi connectivity index (χ1) is 19.8. The van der Waals surface area contributed by atoms with Crippen molar-refractivity contribution in [3.63, 3.8) is 0 Å². The lowest BCUT2D eigenvalue weighted by molar-refractivity contribution is -0.0146. The van der Waals surface area contributed by atoms with Gasteiger partial charge in [0.2, 0.25) is 0 Å². The van der Waals surface area contributed by atoms with Gasteiger partial charge in [0.15, 0.2) is 5.11 Å². The molecular formula is C30H58BN2O5PS2. The molecule has 1 saturated heterocycles. The maximum Gasteiger partial charge on any atom is 0.324 e. The van der Waals surface area contributed by atoms with Crippen molar-refractivity contribution in [2.45, 2.75) is 134 Å². The van der Waals surface area contributed by atoms with E-state index in [2.05, 4.69) is 29.7 Å². The molecule has 0 aromatic heterocycles. The molecule has 1 heterocycles. The van der Waals surface area contributed by atoms with Gasteiger partial charge in [-0.3, -0.25) is 0 Å². The van der Waals surface area contributed by atoms with Gasteiger partial charge < -0.3 is 34.0 Å². The summed E-state index contributed by atoms with van der Waals surface area (Å²) in [7, 11) is 9.12. The summed E-state index contributed by atoms with van der Waals surface area (Å²) in [5, 5.41) is 7.41. The molecule has 0 aromatic carbocycles. The SMILES string of the molecule is [B][C@@H]1O[C@H](COC)C(OP(O)(=S)OC)[C@@H]1C/C=C/CCCCNC(=S)NCCCCCCCCCCCCCCC. The Hall–Kier alpha value is -0.0551. The first kappa shape index (κ1) is 39.0. The van der Waals surface area contributed by atoms with Crippen LogP contribution in [0.15, 0.2) is 12.2 Å². The van der Waals surface area contributed by atoms with E-state index in [1.54, 1.807) is 7.11 Å². The number of rotatable bonds is 26. The molecule has 2 unspecified atom stereocenters. The monoisotopic (exact) mass is 632 g/mol. The van der Waals surface area contributed by atoms with Crippen molar-refractivity contribution in [3.05, 3.63) is 12.2 Å². The second kappa shape index (κ2) is 25.3. The van der Waals surface area contributed by atoms with E-state index >= 15 is 0 Å². The molecule has 0 bridgehead atoms. The van der Waals surface area contributed by atoms with Crippen LogP contribution in [0.5, 0.6) is 0 Å². The van der Waals surface area contributed by atoms with Crippen LogP contribution in [0.2, 0.25) is 0 Å². The van der Waals surface area contributed by atoms with Crippen molar-refractivity contribution in [2.24, 2.45) is 5.92 Å². The normalized spacial score (nSPS) is 22.2. The predicted molar refractivity (Wildman–Crippen MR) is 180 cm³/mol. The maximum absolute atomic E-state index is 10.2. The number of nitrogens with one attached hydrogen (secondary N) is 2. The predicted octanol–water partition coefficient (Wildman–Crippen LogP) is 7.06. The Morgan fingerprint density at radius 3 is 1.95 bits per heavy atom. The van der Waals surface area contributed by atoms with E-state index < -0.39 is 24.9 Å². The van der Waals surface area contributed by atoms with Crippen LogP contribution in [0.25, 0.3) is 0 Å². The van der Waals surface area contributed by atoms with Gasteiger partial charge in [0.25, 0.3) is 0 Å². The highest BCUT2D eigenvalue weighted by molar-refractivity contribution is 8.07. The largest absolute Gasteiger partial charge is 0.382 e. The zero-order valence-corrected chi connectivity index (χ0v) is 28.6. The lowest BCUT2D eigenvalue weighted by Crippen LogP contribution is -2.36. The third kappa shape index (κ3) is 19.8. The van der Waals surface area contributed by atoms with Crippen LogP contribution in [0.3, 0.4) is 0 Å². The number of ether oxygens (including phenoxy) is 2. The molecule has 1 aliphatic heterocycles. The van der Waals surface area contributed by atoms with Crippen LogP contribution in [0.1, 0.15) is 116 Å². The van der Waals surface area contributed by atoms with Gasteiger partial charge in [-0.25, -0.2) is 0 Å². The van der Waals surface area contributed by atoms with Gasteiger partial charge in [-0.15, -0.1) is 0 Å².